The summed E-state index contributed by atoms with van der Waals surface area (Å²) in [7, 11) is 0. The first-order chi connectivity index (χ1) is 21.3. The van der Waals surface area contributed by atoms with Gasteiger partial charge in [0.15, 0.2) is 5.79 Å². The molecule has 254 valence electrons. The van der Waals surface area contributed by atoms with E-state index in [4.69, 9.17) is 23.8 Å². The van der Waals surface area contributed by atoms with Gasteiger partial charge in [0.05, 0.1) is 32.0 Å². The number of hydrogen-bond acceptors (Lipinski definition) is 6. The van der Waals surface area contributed by atoms with Crippen molar-refractivity contribution < 1.29 is 23.8 Å². The minimum Gasteiger partial charge on any atom is -0.491 e. The number of unbranched alkanes of at least 4 members (excludes halogenated alkanes) is 10. The molecule has 0 bridgehead atoms. The van der Waals surface area contributed by atoms with Crippen LogP contribution in [0.15, 0.2) is 24.3 Å². The SMILES string of the molecule is CCCCCCCCOC1(OCCCCCCCC)CC(C)(C)N(OCCc2ccc(OCC3CO3)cc2)C(CC)(CC)C1. The van der Waals surface area contributed by atoms with Crippen LogP contribution >= 0.6 is 0 Å². The third kappa shape index (κ3) is 12.2. The third-order valence-electron chi connectivity index (χ3n) is 9.70. The monoisotopic (exact) mass is 618 g/mol. The normalized spacial score (nSPS) is 20.5. The highest BCUT2D eigenvalue weighted by molar-refractivity contribution is 5.27. The van der Waals surface area contributed by atoms with E-state index in [0.717, 1.165) is 70.5 Å². The summed E-state index contributed by atoms with van der Waals surface area (Å²) < 4.78 is 24.8. The van der Waals surface area contributed by atoms with E-state index in [-0.39, 0.29) is 17.2 Å². The molecule has 3 rings (SSSR count). The Hall–Kier alpha value is -1.18. The van der Waals surface area contributed by atoms with Gasteiger partial charge in [-0.05, 0) is 63.6 Å². The van der Waals surface area contributed by atoms with Crippen LogP contribution in [0.3, 0.4) is 0 Å². The van der Waals surface area contributed by atoms with E-state index in [9.17, 15) is 0 Å². The first-order valence-corrected chi connectivity index (χ1v) is 18.4. The third-order valence-corrected chi connectivity index (χ3v) is 9.70. The molecule has 0 aromatic heterocycles. The number of nitrogens with zero attached hydrogens (tertiary/aromatic N) is 1. The fourth-order valence-corrected chi connectivity index (χ4v) is 7.00. The summed E-state index contributed by atoms with van der Waals surface area (Å²) in [5.74, 6) is 0.334. The van der Waals surface area contributed by atoms with Crippen molar-refractivity contribution in [2.45, 2.75) is 174 Å². The summed E-state index contributed by atoms with van der Waals surface area (Å²) >= 11 is 0. The summed E-state index contributed by atoms with van der Waals surface area (Å²) in [4.78, 5) is 6.75. The van der Waals surface area contributed by atoms with E-state index in [1.165, 1.54) is 69.8 Å². The highest BCUT2D eigenvalue weighted by Gasteiger charge is 2.57. The Bertz CT molecular complexity index is 862. The molecule has 6 nitrogen and oxygen atoms in total. The Morgan fingerprint density at radius 3 is 1.80 bits per heavy atom. The molecule has 1 atom stereocenters. The lowest BCUT2D eigenvalue weighted by atomic mass is 9.73. The Kier molecular flexibility index (Phi) is 16.5. The molecule has 2 aliphatic heterocycles. The summed E-state index contributed by atoms with van der Waals surface area (Å²) in [6.07, 6.45) is 20.0. The van der Waals surface area contributed by atoms with Gasteiger partial charge in [-0.1, -0.05) is 104 Å². The molecule has 0 amide bonds. The molecule has 0 aliphatic carbocycles. The van der Waals surface area contributed by atoms with Crippen molar-refractivity contribution in [1.29, 1.82) is 0 Å². The molecule has 2 heterocycles. The Labute approximate surface area is 270 Å². The molecule has 0 N–H and O–H groups in total. The summed E-state index contributed by atoms with van der Waals surface area (Å²) in [6.45, 7) is 17.4. The van der Waals surface area contributed by atoms with Crippen molar-refractivity contribution in [1.82, 2.24) is 5.06 Å². The number of piperidine rings is 1. The van der Waals surface area contributed by atoms with Crippen molar-refractivity contribution in [3.63, 3.8) is 0 Å². The molecular weight excluding hydrogens is 550 g/mol. The van der Waals surface area contributed by atoms with Crippen LogP contribution in [-0.2, 0) is 25.5 Å². The lowest BCUT2D eigenvalue weighted by molar-refractivity contribution is -0.364. The van der Waals surface area contributed by atoms with Crippen molar-refractivity contribution >= 4 is 0 Å². The van der Waals surface area contributed by atoms with Crippen molar-refractivity contribution in [3.8, 4) is 5.75 Å². The summed E-state index contributed by atoms with van der Waals surface area (Å²) in [6, 6.07) is 8.42. The van der Waals surface area contributed by atoms with Crippen molar-refractivity contribution in [2.24, 2.45) is 0 Å². The van der Waals surface area contributed by atoms with Crippen LogP contribution in [-0.4, -0.2) is 61.1 Å². The van der Waals surface area contributed by atoms with Gasteiger partial charge in [-0.25, -0.2) is 0 Å². The van der Waals surface area contributed by atoms with Crippen LogP contribution in [0.25, 0.3) is 0 Å². The first-order valence-electron chi connectivity index (χ1n) is 18.4. The molecule has 0 radical (unpaired) electrons. The lowest BCUT2D eigenvalue weighted by Gasteiger charge is -2.59. The van der Waals surface area contributed by atoms with Crippen LogP contribution in [0.1, 0.15) is 150 Å². The van der Waals surface area contributed by atoms with Crippen LogP contribution in [0.5, 0.6) is 5.75 Å². The van der Waals surface area contributed by atoms with Gasteiger partial charge in [0.2, 0.25) is 0 Å². The molecule has 1 aromatic carbocycles. The molecule has 0 saturated carbocycles. The summed E-state index contributed by atoms with van der Waals surface area (Å²) in [5, 5.41) is 2.34. The van der Waals surface area contributed by atoms with Gasteiger partial charge >= 0.3 is 0 Å². The molecule has 2 aliphatic rings. The van der Waals surface area contributed by atoms with Crippen molar-refractivity contribution in [3.05, 3.63) is 29.8 Å². The zero-order chi connectivity index (χ0) is 31.7. The first kappa shape index (κ1) is 37.3. The fraction of sp³-hybridized carbons (Fsp3) is 0.842. The number of hydrogen-bond donors (Lipinski definition) is 0. The van der Waals surface area contributed by atoms with Gasteiger partial charge in [-0.2, -0.15) is 5.06 Å². The fourth-order valence-electron chi connectivity index (χ4n) is 7.00. The van der Waals surface area contributed by atoms with Crippen LogP contribution in [0.4, 0.5) is 0 Å². The van der Waals surface area contributed by atoms with Crippen LogP contribution in [0.2, 0.25) is 0 Å². The Balaban J connectivity index is 1.62. The quantitative estimate of drug-likeness (QED) is 0.0618. The number of hydroxylamine groups is 2. The maximum Gasteiger partial charge on any atom is 0.171 e. The number of epoxide rings is 1. The number of benzene rings is 1. The lowest BCUT2D eigenvalue weighted by Crippen LogP contribution is -2.68. The molecule has 6 heteroatoms. The largest absolute Gasteiger partial charge is 0.491 e. The Morgan fingerprint density at radius 1 is 0.727 bits per heavy atom. The van der Waals surface area contributed by atoms with Gasteiger partial charge in [0.1, 0.15) is 18.5 Å². The molecule has 44 heavy (non-hydrogen) atoms. The minimum atomic E-state index is -0.566. The highest BCUT2D eigenvalue weighted by atomic mass is 16.7. The molecule has 2 fully saturated rings. The standard InChI is InChI=1S/C38H67NO5/c1-7-11-13-15-17-19-26-42-38(43-27-20-18-16-14-12-8-2)31-36(5,6)39(37(9-3,10-4)32-38)44-28-25-33-21-23-34(24-22-33)40-29-35-30-41-35/h21-24,35H,7-20,25-32H2,1-6H3. The zero-order valence-corrected chi connectivity index (χ0v) is 29.4. The maximum atomic E-state index is 6.86. The van der Waals surface area contributed by atoms with E-state index in [1.807, 2.05) is 0 Å². The zero-order valence-electron chi connectivity index (χ0n) is 29.4. The van der Waals surface area contributed by atoms with Crippen LogP contribution < -0.4 is 4.74 Å². The van der Waals surface area contributed by atoms with Gasteiger partial charge in [-0.3, -0.25) is 4.84 Å². The van der Waals surface area contributed by atoms with Crippen molar-refractivity contribution in [2.75, 3.05) is 33.0 Å². The maximum absolute atomic E-state index is 6.86. The van der Waals surface area contributed by atoms with Gasteiger partial charge < -0.3 is 18.9 Å². The molecular formula is C38H67NO5. The highest BCUT2D eigenvalue weighted by Crippen LogP contribution is 2.49. The Morgan fingerprint density at radius 2 is 1.27 bits per heavy atom. The number of rotatable bonds is 25. The van der Waals surface area contributed by atoms with Gasteiger partial charge in [0, 0.05) is 18.4 Å². The number of ether oxygens (including phenoxy) is 4. The van der Waals surface area contributed by atoms with Gasteiger partial charge in [0.25, 0.3) is 0 Å². The molecule has 0 spiro atoms. The molecule has 2 saturated heterocycles. The topological polar surface area (TPSA) is 52.7 Å². The summed E-state index contributed by atoms with van der Waals surface area (Å²) in [5.41, 5.74) is 0.883. The van der Waals surface area contributed by atoms with E-state index in [0.29, 0.717) is 13.2 Å². The predicted octanol–water partition coefficient (Wildman–Crippen LogP) is 9.82. The molecule has 1 aromatic rings. The minimum absolute atomic E-state index is 0.146. The van der Waals surface area contributed by atoms with E-state index < -0.39 is 5.79 Å². The van der Waals surface area contributed by atoms with E-state index in [1.54, 1.807) is 0 Å². The average Bonchev–Trinajstić information content (AvgIpc) is 3.85. The average molecular weight is 618 g/mol. The molecule has 1 unspecified atom stereocenters. The van der Waals surface area contributed by atoms with E-state index >= 15 is 0 Å². The second-order valence-electron chi connectivity index (χ2n) is 14.0. The van der Waals surface area contributed by atoms with Crippen LogP contribution in [0, 0.1) is 0 Å². The van der Waals surface area contributed by atoms with Gasteiger partial charge in [-0.15, -0.1) is 0 Å². The van der Waals surface area contributed by atoms with E-state index in [2.05, 4.69) is 70.9 Å². The predicted molar refractivity (Wildman–Crippen MR) is 181 cm³/mol. The smallest absolute Gasteiger partial charge is 0.171 e. The second kappa shape index (κ2) is 19.5. The second-order valence-corrected chi connectivity index (χ2v) is 14.0.